The number of hydrogen-bond donors (Lipinski definition) is 1. The van der Waals surface area contributed by atoms with E-state index >= 15 is 0 Å². The highest BCUT2D eigenvalue weighted by molar-refractivity contribution is 7.22. The fourth-order valence-electron chi connectivity index (χ4n) is 5.56. The second-order valence-corrected chi connectivity index (χ2v) is 11.0. The Hall–Kier alpha value is -2.73. The maximum Gasteiger partial charge on any atom is 0.124 e. The molecule has 3 aromatic carbocycles. The van der Waals surface area contributed by atoms with Crippen LogP contribution in [0.1, 0.15) is 42.5 Å². The van der Waals surface area contributed by atoms with E-state index in [4.69, 9.17) is 21.7 Å². The molecule has 4 nitrogen and oxygen atoms in total. The zero-order chi connectivity index (χ0) is 24.1. The molecule has 1 saturated heterocycles. The maximum atomic E-state index is 6.20. The number of thiazole rings is 1. The van der Waals surface area contributed by atoms with Gasteiger partial charge in [-0.1, -0.05) is 30.7 Å². The lowest BCUT2D eigenvalue weighted by atomic mass is 9.92. The van der Waals surface area contributed by atoms with Crippen LogP contribution >= 0.6 is 22.9 Å². The van der Waals surface area contributed by atoms with E-state index in [1.807, 2.05) is 16.8 Å². The molecule has 1 fully saturated rings. The smallest absolute Gasteiger partial charge is 0.124 e. The van der Waals surface area contributed by atoms with E-state index in [-0.39, 0.29) is 0 Å². The summed E-state index contributed by atoms with van der Waals surface area (Å²) in [5.74, 6) is 0.511. The fourth-order valence-corrected chi connectivity index (χ4v) is 6.82. The van der Waals surface area contributed by atoms with Crippen LogP contribution < -0.4 is 5.32 Å². The minimum absolute atomic E-state index is 0.511. The molecule has 35 heavy (non-hydrogen) atoms. The Morgan fingerprint density at radius 2 is 1.80 bits per heavy atom. The second kappa shape index (κ2) is 9.05. The molecule has 1 N–H and O–H groups in total. The summed E-state index contributed by atoms with van der Waals surface area (Å²) in [6.07, 6.45) is 3.26. The highest BCUT2D eigenvalue weighted by Crippen LogP contribution is 2.42. The SMILES string of the molecule is CCc1c(C)cc2nc(-c3ccc4c(c3)c(C3CCNCC3)nn4C)sc2c1-c1ccc(Cl)cc1. The van der Waals surface area contributed by atoms with Crippen molar-refractivity contribution in [3.8, 4) is 21.7 Å². The molecule has 0 spiro atoms. The molecule has 0 aliphatic carbocycles. The minimum Gasteiger partial charge on any atom is -0.317 e. The van der Waals surface area contributed by atoms with Crippen LogP contribution in [0.25, 0.3) is 42.8 Å². The molecule has 1 aliphatic rings. The summed E-state index contributed by atoms with van der Waals surface area (Å²) < 4.78 is 3.28. The Balaban J connectivity index is 1.52. The highest BCUT2D eigenvalue weighted by atomic mass is 35.5. The van der Waals surface area contributed by atoms with Crippen molar-refractivity contribution in [3.05, 3.63) is 70.4 Å². The monoisotopic (exact) mass is 500 g/mol. The number of fused-ring (bicyclic) bond motifs is 2. The van der Waals surface area contributed by atoms with Crippen molar-refractivity contribution in [2.45, 2.75) is 39.0 Å². The Bertz CT molecular complexity index is 1540. The number of hydrogen-bond acceptors (Lipinski definition) is 4. The number of piperidine rings is 1. The van der Waals surface area contributed by atoms with Crippen molar-refractivity contribution in [3.63, 3.8) is 0 Å². The van der Waals surface area contributed by atoms with Crippen molar-refractivity contribution in [2.75, 3.05) is 13.1 Å². The zero-order valence-corrected chi connectivity index (χ0v) is 21.9. The molecule has 0 radical (unpaired) electrons. The molecule has 178 valence electrons. The third kappa shape index (κ3) is 3.96. The van der Waals surface area contributed by atoms with Gasteiger partial charge in [-0.2, -0.15) is 5.10 Å². The summed E-state index contributed by atoms with van der Waals surface area (Å²) in [7, 11) is 2.05. The van der Waals surface area contributed by atoms with Crippen molar-refractivity contribution >= 4 is 44.1 Å². The van der Waals surface area contributed by atoms with Gasteiger partial charge in [-0.05, 0) is 92.4 Å². The van der Waals surface area contributed by atoms with Crippen molar-refractivity contribution in [2.24, 2.45) is 7.05 Å². The molecular formula is C29H29ClN4S. The molecule has 2 aromatic heterocycles. The van der Waals surface area contributed by atoms with E-state index in [0.717, 1.165) is 47.9 Å². The summed E-state index contributed by atoms with van der Waals surface area (Å²) in [6, 6.07) is 17.2. The first kappa shape index (κ1) is 22.7. The molecule has 6 heteroatoms. The molecule has 3 heterocycles. The lowest BCUT2D eigenvalue weighted by Crippen LogP contribution is -2.26. The van der Waals surface area contributed by atoms with Crippen LogP contribution in [0.5, 0.6) is 0 Å². The number of rotatable bonds is 4. The minimum atomic E-state index is 0.511. The second-order valence-electron chi connectivity index (χ2n) is 9.54. The van der Waals surface area contributed by atoms with E-state index in [9.17, 15) is 0 Å². The summed E-state index contributed by atoms with van der Waals surface area (Å²) in [6.45, 7) is 6.55. The highest BCUT2D eigenvalue weighted by Gasteiger charge is 2.22. The van der Waals surface area contributed by atoms with Crippen LogP contribution in [0.3, 0.4) is 0 Å². The van der Waals surface area contributed by atoms with Gasteiger partial charge in [0.2, 0.25) is 0 Å². The number of nitrogens with zero attached hydrogens (tertiary/aromatic N) is 3. The van der Waals surface area contributed by atoms with Gasteiger partial charge in [-0.15, -0.1) is 11.3 Å². The van der Waals surface area contributed by atoms with Crippen LogP contribution in [-0.4, -0.2) is 27.9 Å². The van der Waals surface area contributed by atoms with Crippen LogP contribution in [0.15, 0.2) is 48.5 Å². The Labute approximate surface area is 215 Å². The van der Waals surface area contributed by atoms with Gasteiger partial charge in [0.15, 0.2) is 0 Å². The van der Waals surface area contributed by atoms with Gasteiger partial charge in [0.25, 0.3) is 0 Å². The van der Waals surface area contributed by atoms with Crippen molar-refractivity contribution in [1.82, 2.24) is 20.1 Å². The Morgan fingerprint density at radius 1 is 1.06 bits per heavy atom. The average molecular weight is 501 g/mol. The van der Waals surface area contributed by atoms with E-state index in [0.29, 0.717) is 5.92 Å². The molecule has 1 aliphatic heterocycles. The summed E-state index contributed by atoms with van der Waals surface area (Å²) in [5, 5.41) is 11.5. The molecule has 0 unspecified atom stereocenters. The number of halogens is 1. The third-order valence-electron chi connectivity index (χ3n) is 7.35. The Morgan fingerprint density at radius 3 is 2.54 bits per heavy atom. The molecule has 6 rings (SSSR count). The van der Waals surface area contributed by atoms with E-state index in [1.165, 1.54) is 49.1 Å². The Kier molecular flexibility index (Phi) is 5.87. The summed E-state index contributed by atoms with van der Waals surface area (Å²) >= 11 is 7.99. The summed E-state index contributed by atoms with van der Waals surface area (Å²) in [4.78, 5) is 5.13. The van der Waals surface area contributed by atoms with E-state index in [1.54, 1.807) is 11.3 Å². The largest absolute Gasteiger partial charge is 0.317 e. The van der Waals surface area contributed by atoms with Gasteiger partial charge < -0.3 is 5.32 Å². The average Bonchev–Trinajstić information content (AvgIpc) is 3.45. The van der Waals surface area contributed by atoms with Crippen molar-refractivity contribution < 1.29 is 0 Å². The van der Waals surface area contributed by atoms with Gasteiger partial charge in [0.1, 0.15) is 5.01 Å². The zero-order valence-electron chi connectivity index (χ0n) is 20.4. The van der Waals surface area contributed by atoms with Gasteiger partial charge >= 0.3 is 0 Å². The van der Waals surface area contributed by atoms with E-state index in [2.05, 4.69) is 62.6 Å². The summed E-state index contributed by atoms with van der Waals surface area (Å²) in [5.41, 5.74) is 9.82. The predicted molar refractivity (Wildman–Crippen MR) is 149 cm³/mol. The number of aryl methyl sites for hydroxylation is 2. The van der Waals surface area contributed by atoms with Gasteiger partial charge in [0, 0.05) is 34.5 Å². The molecule has 0 amide bonds. The molecule has 5 aromatic rings. The quantitative estimate of drug-likeness (QED) is 0.277. The van der Waals surface area contributed by atoms with Crippen LogP contribution in [0.4, 0.5) is 0 Å². The van der Waals surface area contributed by atoms with Crippen LogP contribution in [0.2, 0.25) is 5.02 Å². The van der Waals surface area contributed by atoms with Crippen LogP contribution in [0, 0.1) is 6.92 Å². The molecule has 0 atom stereocenters. The standard InChI is InChI=1S/C29H29ClN4S/c1-4-22-17(2)15-24-28(26(22)18-5-8-21(30)9-6-18)35-29(32-24)20-7-10-25-23(16-20)27(33-34(25)3)19-11-13-31-14-12-19/h5-10,15-16,19,31H,4,11-14H2,1-3H3. The first-order chi connectivity index (χ1) is 17.0. The van der Waals surface area contributed by atoms with Crippen molar-refractivity contribution in [1.29, 1.82) is 0 Å². The van der Waals surface area contributed by atoms with Gasteiger partial charge in [-0.3, -0.25) is 4.68 Å². The number of nitrogens with one attached hydrogen (secondary N) is 1. The molecule has 0 bridgehead atoms. The first-order valence-electron chi connectivity index (χ1n) is 12.4. The molecule has 0 saturated carbocycles. The fraction of sp³-hybridized carbons (Fsp3) is 0.310. The lowest BCUT2D eigenvalue weighted by molar-refractivity contribution is 0.452. The lowest BCUT2D eigenvalue weighted by Gasteiger charge is -2.21. The van der Waals surface area contributed by atoms with Gasteiger partial charge in [0.05, 0.1) is 21.4 Å². The topological polar surface area (TPSA) is 42.7 Å². The third-order valence-corrected chi connectivity index (χ3v) is 8.74. The van der Waals surface area contributed by atoms with Gasteiger partial charge in [-0.25, -0.2) is 4.98 Å². The number of benzene rings is 3. The molecular weight excluding hydrogens is 472 g/mol. The first-order valence-corrected chi connectivity index (χ1v) is 13.6. The number of aromatic nitrogens is 3. The van der Waals surface area contributed by atoms with E-state index < -0.39 is 0 Å². The van der Waals surface area contributed by atoms with Crippen LogP contribution in [-0.2, 0) is 13.5 Å². The normalized spacial score (nSPS) is 14.9. The predicted octanol–water partition coefficient (Wildman–Crippen LogP) is 7.51. The maximum absolute atomic E-state index is 6.20.